The number of anilines is 2. The Labute approximate surface area is 158 Å². The summed E-state index contributed by atoms with van der Waals surface area (Å²) >= 11 is 0. The average molecular weight is 387 g/mol. The number of rotatable bonds is 5. The Morgan fingerprint density at radius 2 is 1.74 bits per heavy atom. The van der Waals surface area contributed by atoms with Crippen LogP contribution in [0.25, 0.3) is 0 Å². The van der Waals surface area contributed by atoms with Gasteiger partial charge in [-0.3, -0.25) is 4.90 Å². The van der Waals surface area contributed by atoms with E-state index in [1.165, 1.54) is 9.21 Å². The van der Waals surface area contributed by atoms with E-state index in [1.54, 1.807) is 24.3 Å². The molecular formula is C19H21N3O4S. The first-order chi connectivity index (χ1) is 13.0. The van der Waals surface area contributed by atoms with Gasteiger partial charge in [0, 0.05) is 30.5 Å². The molecule has 2 fully saturated rings. The molecule has 0 spiro atoms. The molecule has 0 bridgehead atoms. The summed E-state index contributed by atoms with van der Waals surface area (Å²) in [6.45, 7) is 1.73. The average Bonchev–Trinajstić information content (AvgIpc) is 3.32. The van der Waals surface area contributed by atoms with Gasteiger partial charge in [-0.15, -0.1) is 0 Å². The summed E-state index contributed by atoms with van der Waals surface area (Å²) in [4.78, 5) is 13.3. The van der Waals surface area contributed by atoms with E-state index in [-0.39, 0.29) is 10.9 Å². The van der Waals surface area contributed by atoms with E-state index in [0.29, 0.717) is 31.9 Å². The van der Waals surface area contributed by atoms with Crippen molar-refractivity contribution in [1.29, 1.82) is 0 Å². The molecule has 2 aromatic carbocycles. The zero-order chi connectivity index (χ0) is 18.9. The third kappa shape index (κ3) is 3.63. The number of ether oxygens (including phenoxy) is 1. The van der Waals surface area contributed by atoms with Gasteiger partial charge in [0.2, 0.25) is 10.0 Å². The summed E-state index contributed by atoms with van der Waals surface area (Å²) in [7, 11) is -3.56. The first-order valence-electron chi connectivity index (χ1n) is 8.90. The van der Waals surface area contributed by atoms with Gasteiger partial charge in [-0.1, -0.05) is 18.2 Å². The molecule has 0 unspecified atom stereocenters. The van der Waals surface area contributed by atoms with Gasteiger partial charge in [-0.05, 0) is 42.8 Å². The third-order valence-electron chi connectivity index (χ3n) is 4.84. The maximum Gasteiger partial charge on any atom is 0.414 e. The minimum atomic E-state index is -3.56. The Balaban J connectivity index is 1.44. The third-order valence-corrected chi connectivity index (χ3v) is 6.72. The molecule has 2 saturated heterocycles. The second kappa shape index (κ2) is 7.21. The summed E-state index contributed by atoms with van der Waals surface area (Å²) in [5.74, 6) is 0. The summed E-state index contributed by atoms with van der Waals surface area (Å²) in [5, 5.41) is 3.38. The molecule has 2 aliphatic rings. The zero-order valence-electron chi connectivity index (χ0n) is 14.7. The molecule has 2 heterocycles. The minimum absolute atomic E-state index is 0.0841. The quantitative estimate of drug-likeness (QED) is 0.853. The minimum Gasteiger partial charge on any atom is -0.447 e. The Hall–Kier alpha value is -2.58. The number of nitrogens with zero attached hydrogens (tertiary/aromatic N) is 2. The molecule has 2 aromatic rings. The van der Waals surface area contributed by atoms with Gasteiger partial charge in [-0.2, -0.15) is 4.31 Å². The highest BCUT2D eigenvalue weighted by molar-refractivity contribution is 7.89. The number of amides is 1. The van der Waals surface area contributed by atoms with Gasteiger partial charge >= 0.3 is 6.09 Å². The van der Waals surface area contributed by atoms with Crippen molar-refractivity contribution >= 4 is 27.5 Å². The molecule has 8 heteroatoms. The van der Waals surface area contributed by atoms with E-state index in [4.69, 9.17) is 4.74 Å². The molecule has 7 nitrogen and oxygen atoms in total. The van der Waals surface area contributed by atoms with Crippen LogP contribution < -0.4 is 10.2 Å². The second-order valence-electron chi connectivity index (χ2n) is 6.62. The standard InChI is InChI=1S/C19H21N3O4S/c23-19-22(12-13-26-19)17-6-8-18(9-7-17)27(24,25)21-11-10-16(14-21)20-15-4-2-1-3-5-15/h1-9,16,20H,10-14H2/t16-/m1/s1. The molecule has 0 aliphatic carbocycles. The highest BCUT2D eigenvalue weighted by Gasteiger charge is 2.33. The van der Waals surface area contributed by atoms with Gasteiger partial charge < -0.3 is 10.1 Å². The Bertz CT molecular complexity index is 916. The molecule has 0 saturated carbocycles. The summed E-state index contributed by atoms with van der Waals surface area (Å²) in [6, 6.07) is 16.3. The summed E-state index contributed by atoms with van der Waals surface area (Å²) < 4.78 is 32.3. The maximum absolute atomic E-state index is 12.9. The van der Waals surface area contributed by atoms with Crippen molar-refractivity contribution in [1.82, 2.24) is 4.31 Å². The largest absolute Gasteiger partial charge is 0.447 e. The van der Waals surface area contributed by atoms with E-state index >= 15 is 0 Å². The first-order valence-corrected chi connectivity index (χ1v) is 10.3. The number of nitrogens with one attached hydrogen (secondary N) is 1. The number of para-hydroxylation sites is 1. The number of sulfonamides is 1. The van der Waals surface area contributed by atoms with Crippen molar-refractivity contribution in [2.24, 2.45) is 0 Å². The van der Waals surface area contributed by atoms with Crippen molar-refractivity contribution in [2.45, 2.75) is 17.4 Å². The number of carbonyl (C=O) groups excluding carboxylic acids is 1. The predicted octanol–water partition coefficient (Wildman–Crippen LogP) is 2.52. The van der Waals surface area contributed by atoms with Crippen LogP contribution in [0.3, 0.4) is 0 Å². The van der Waals surface area contributed by atoms with Crippen molar-refractivity contribution in [3.05, 3.63) is 54.6 Å². The van der Waals surface area contributed by atoms with Crippen molar-refractivity contribution < 1.29 is 17.9 Å². The van der Waals surface area contributed by atoms with Crippen molar-refractivity contribution in [3.8, 4) is 0 Å². The molecule has 2 aliphatic heterocycles. The Morgan fingerprint density at radius 3 is 2.41 bits per heavy atom. The molecule has 0 radical (unpaired) electrons. The normalized spacial score (nSPS) is 20.7. The highest BCUT2D eigenvalue weighted by Crippen LogP contribution is 2.26. The van der Waals surface area contributed by atoms with Crippen LogP contribution in [0.1, 0.15) is 6.42 Å². The van der Waals surface area contributed by atoms with Crippen LogP contribution >= 0.6 is 0 Å². The predicted molar refractivity (Wildman–Crippen MR) is 102 cm³/mol. The molecule has 4 rings (SSSR count). The molecule has 142 valence electrons. The SMILES string of the molecule is O=C1OCCN1c1ccc(S(=O)(=O)N2CC[C@@H](Nc3ccccc3)C2)cc1. The number of cyclic esters (lactones) is 1. The van der Waals surface area contributed by atoms with Gasteiger partial charge in [0.1, 0.15) is 6.61 Å². The highest BCUT2D eigenvalue weighted by atomic mass is 32.2. The van der Waals surface area contributed by atoms with E-state index in [9.17, 15) is 13.2 Å². The van der Waals surface area contributed by atoms with E-state index in [2.05, 4.69) is 5.32 Å². The van der Waals surface area contributed by atoms with E-state index in [0.717, 1.165) is 12.1 Å². The fourth-order valence-corrected chi connectivity index (χ4v) is 4.91. The Kier molecular flexibility index (Phi) is 4.75. The topological polar surface area (TPSA) is 79.0 Å². The number of hydrogen-bond donors (Lipinski definition) is 1. The number of carbonyl (C=O) groups is 1. The second-order valence-corrected chi connectivity index (χ2v) is 8.56. The molecule has 0 aromatic heterocycles. The van der Waals surface area contributed by atoms with Crippen LogP contribution in [0, 0.1) is 0 Å². The van der Waals surface area contributed by atoms with Gasteiger partial charge in [0.15, 0.2) is 0 Å². The first kappa shape index (κ1) is 17.8. The Morgan fingerprint density at radius 1 is 1.00 bits per heavy atom. The lowest BCUT2D eigenvalue weighted by Crippen LogP contribution is -2.31. The zero-order valence-corrected chi connectivity index (χ0v) is 15.6. The van der Waals surface area contributed by atoms with Crippen LogP contribution in [0.15, 0.2) is 59.5 Å². The monoisotopic (exact) mass is 387 g/mol. The lowest BCUT2D eigenvalue weighted by molar-refractivity contribution is 0.181. The van der Waals surface area contributed by atoms with Gasteiger partial charge in [0.25, 0.3) is 0 Å². The molecule has 1 atom stereocenters. The van der Waals surface area contributed by atoms with Crippen LogP contribution in [0.5, 0.6) is 0 Å². The fourth-order valence-electron chi connectivity index (χ4n) is 3.41. The van der Waals surface area contributed by atoms with Crippen LogP contribution in [0.4, 0.5) is 16.2 Å². The number of benzene rings is 2. The van der Waals surface area contributed by atoms with E-state index in [1.807, 2.05) is 30.3 Å². The van der Waals surface area contributed by atoms with Crippen molar-refractivity contribution in [3.63, 3.8) is 0 Å². The van der Waals surface area contributed by atoms with Crippen LogP contribution in [0.2, 0.25) is 0 Å². The smallest absolute Gasteiger partial charge is 0.414 e. The van der Waals surface area contributed by atoms with Crippen molar-refractivity contribution in [2.75, 3.05) is 36.5 Å². The van der Waals surface area contributed by atoms with Gasteiger partial charge in [0.05, 0.1) is 11.4 Å². The lowest BCUT2D eigenvalue weighted by atomic mass is 10.2. The molecule has 1 N–H and O–H groups in total. The summed E-state index contributed by atoms with van der Waals surface area (Å²) in [6.07, 6.45) is 0.353. The number of hydrogen-bond acceptors (Lipinski definition) is 5. The van der Waals surface area contributed by atoms with Crippen LogP contribution in [-0.4, -0.2) is 51.1 Å². The van der Waals surface area contributed by atoms with Gasteiger partial charge in [-0.25, -0.2) is 13.2 Å². The maximum atomic E-state index is 12.9. The lowest BCUT2D eigenvalue weighted by Gasteiger charge is -2.18. The fraction of sp³-hybridized carbons (Fsp3) is 0.316. The van der Waals surface area contributed by atoms with Crippen LogP contribution in [-0.2, 0) is 14.8 Å². The molecule has 27 heavy (non-hydrogen) atoms. The summed E-state index contributed by atoms with van der Waals surface area (Å²) in [5.41, 5.74) is 1.63. The molecular weight excluding hydrogens is 366 g/mol. The van der Waals surface area contributed by atoms with E-state index < -0.39 is 16.1 Å². The molecule has 1 amide bonds.